The van der Waals surface area contributed by atoms with Gasteiger partial charge in [0.05, 0.1) is 6.26 Å². The Morgan fingerprint density at radius 1 is 1.09 bits per heavy atom. The highest BCUT2D eigenvalue weighted by Gasteiger charge is 2.12. The van der Waals surface area contributed by atoms with Gasteiger partial charge in [-0.25, -0.2) is 0 Å². The molecule has 112 valence electrons. The molecule has 0 unspecified atom stereocenters. The van der Waals surface area contributed by atoms with E-state index in [0.29, 0.717) is 11.3 Å². The molecule has 2 aromatic carbocycles. The summed E-state index contributed by atoms with van der Waals surface area (Å²) in [6, 6.07) is 15.6. The average Bonchev–Trinajstić information content (AvgIpc) is 3.01. The average molecular weight is 293 g/mol. The largest absolute Gasteiger partial charge is 0.465 e. The van der Waals surface area contributed by atoms with Crippen LogP contribution in [0.2, 0.25) is 0 Å². The first-order valence-electron chi connectivity index (χ1n) is 7.54. The van der Waals surface area contributed by atoms with E-state index < -0.39 is 0 Å². The van der Waals surface area contributed by atoms with Gasteiger partial charge in [-0.05, 0) is 61.6 Å². The number of fused-ring (bicyclic) bond motifs is 1. The SMILES string of the molecule is CC(=COc1ccccc1)C(=O)Nc1ccc2c(c1)CCC2. The number of benzene rings is 2. The second-order valence-electron chi connectivity index (χ2n) is 5.52. The van der Waals surface area contributed by atoms with Gasteiger partial charge in [-0.2, -0.15) is 0 Å². The lowest BCUT2D eigenvalue weighted by molar-refractivity contribution is -0.112. The number of rotatable bonds is 4. The Bertz CT molecular complexity index is 705. The molecule has 3 heteroatoms. The number of hydrogen-bond donors (Lipinski definition) is 1. The first-order valence-corrected chi connectivity index (χ1v) is 7.54. The van der Waals surface area contributed by atoms with Crippen LogP contribution in [0, 0.1) is 0 Å². The van der Waals surface area contributed by atoms with Crippen molar-refractivity contribution in [1.29, 1.82) is 0 Å². The topological polar surface area (TPSA) is 38.3 Å². The standard InChI is InChI=1S/C19H19NO2/c1-14(13-22-18-8-3-2-4-9-18)19(21)20-17-11-10-15-6-5-7-16(15)12-17/h2-4,8-13H,5-7H2,1H3,(H,20,21). The van der Waals surface area contributed by atoms with Crippen LogP contribution in [0.1, 0.15) is 24.5 Å². The summed E-state index contributed by atoms with van der Waals surface area (Å²) < 4.78 is 5.48. The lowest BCUT2D eigenvalue weighted by Gasteiger charge is -2.08. The third kappa shape index (κ3) is 3.37. The van der Waals surface area contributed by atoms with Crippen LogP contribution in [0.4, 0.5) is 5.69 Å². The van der Waals surface area contributed by atoms with Crippen LogP contribution in [-0.2, 0) is 17.6 Å². The third-order valence-corrected chi connectivity index (χ3v) is 3.83. The van der Waals surface area contributed by atoms with Crippen LogP contribution in [-0.4, -0.2) is 5.91 Å². The molecule has 1 aliphatic carbocycles. The molecule has 0 fully saturated rings. The second-order valence-corrected chi connectivity index (χ2v) is 5.52. The minimum atomic E-state index is -0.145. The lowest BCUT2D eigenvalue weighted by atomic mass is 10.1. The summed E-state index contributed by atoms with van der Waals surface area (Å²) in [7, 11) is 0. The zero-order valence-electron chi connectivity index (χ0n) is 12.6. The molecular formula is C19H19NO2. The van der Waals surface area contributed by atoms with Crippen LogP contribution in [0.25, 0.3) is 0 Å². The predicted octanol–water partition coefficient (Wildman–Crippen LogP) is 4.10. The molecule has 3 rings (SSSR count). The van der Waals surface area contributed by atoms with Crippen molar-refractivity contribution in [3.63, 3.8) is 0 Å². The van der Waals surface area contributed by atoms with Crippen LogP contribution < -0.4 is 10.1 Å². The zero-order chi connectivity index (χ0) is 15.4. The Balaban J connectivity index is 1.63. The van der Waals surface area contributed by atoms with E-state index in [9.17, 15) is 4.79 Å². The number of nitrogens with one attached hydrogen (secondary N) is 1. The van der Waals surface area contributed by atoms with E-state index in [2.05, 4.69) is 17.4 Å². The van der Waals surface area contributed by atoms with Crippen molar-refractivity contribution in [1.82, 2.24) is 0 Å². The maximum absolute atomic E-state index is 12.2. The maximum Gasteiger partial charge on any atom is 0.254 e. The van der Waals surface area contributed by atoms with E-state index in [0.717, 1.165) is 18.5 Å². The molecule has 1 N–H and O–H groups in total. The third-order valence-electron chi connectivity index (χ3n) is 3.83. The highest BCUT2D eigenvalue weighted by Crippen LogP contribution is 2.25. The molecule has 0 spiro atoms. The van der Waals surface area contributed by atoms with E-state index in [-0.39, 0.29) is 5.91 Å². The first-order chi connectivity index (χ1) is 10.7. The Morgan fingerprint density at radius 2 is 1.86 bits per heavy atom. The van der Waals surface area contributed by atoms with Gasteiger partial charge in [0, 0.05) is 11.3 Å². The summed E-state index contributed by atoms with van der Waals surface area (Å²) in [5, 5.41) is 2.92. The first kappa shape index (κ1) is 14.4. The zero-order valence-corrected chi connectivity index (χ0v) is 12.6. The predicted molar refractivity (Wildman–Crippen MR) is 87.9 cm³/mol. The molecule has 0 aliphatic heterocycles. The fourth-order valence-corrected chi connectivity index (χ4v) is 2.59. The van der Waals surface area contributed by atoms with Gasteiger partial charge in [-0.15, -0.1) is 0 Å². The molecule has 0 saturated heterocycles. The Hall–Kier alpha value is -2.55. The number of aryl methyl sites for hydroxylation is 2. The van der Waals surface area contributed by atoms with Gasteiger partial charge >= 0.3 is 0 Å². The summed E-state index contributed by atoms with van der Waals surface area (Å²) in [6.45, 7) is 1.74. The van der Waals surface area contributed by atoms with Gasteiger partial charge in [0.15, 0.2) is 0 Å². The van der Waals surface area contributed by atoms with Crippen LogP contribution in [0.3, 0.4) is 0 Å². The second kappa shape index (κ2) is 6.48. The van der Waals surface area contributed by atoms with E-state index in [1.54, 1.807) is 6.92 Å². The number of anilines is 1. The van der Waals surface area contributed by atoms with Crippen molar-refractivity contribution >= 4 is 11.6 Å². The van der Waals surface area contributed by atoms with Gasteiger partial charge in [-0.1, -0.05) is 24.3 Å². The highest BCUT2D eigenvalue weighted by atomic mass is 16.5. The molecule has 2 aromatic rings. The molecule has 0 atom stereocenters. The molecule has 22 heavy (non-hydrogen) atoms. The lowest BCUT2D eigenvalue weighted by Crippen LogP contribution is -2.13. The molecule has 1 aliphatic rings. The van der Waals surface area contributed by atoms with Crippen molar-refractivity contribution in [3.8, 4) is 5.75 Å². The molecule has 0 radical (unpaired) electrons. The molecule has 0 bridgehead atoms. The summed E-state index contributed by atoms with van der Waals surface area (Å²) in [5.41, 5.74) is 4.13. The fourth-order valence-electron chi connectivity index (χ4n) is 2.59. The fraction of sp³-hybridized carbons (Fsp3) is 0.211. The van der Waals surface area contributed by atoms with Gasteiger partial charge in [-0.3, -0.25) is 4.79 Å². The van der Waals surface area contributed by atoms with Gasteiger partial charge in [0.2, 0.25) is 0 Å². The van der Waals surface area contributed by atoms with Gasteiger partial charge < -0.3 is 10.1 Å². The molecule has 0 aromatic heterocycles. The summed E-state index contributed by atoms with van der Waals surface area (Å²) in [4.78, 5) is 12.2. The summed E-state index contributed by atoms with van der Waals surface area (Å²) >= 11 is 0. The number of ether oxygens (including phenoxy) is 1. The van der Waals surface area contributed by atoms with Crippen molar-refractivity contribution in [2.45, 2.75) is 26.2 Å². The van der Waals surface area contributed by atoms with Gasteiger partial charge in [0.1, 0.15) is 5.75 Å². The number of para-hydroxylation sites is 1. The van der Waals surface area contributed by atoms with Crippen LogP contribution in [0.15, 0.2) is 60.4 Å². The Kier molecular flexibility index (Phi) is 4.24. The van der Waals surface area contributed by atoms with Crippen molar-refractivity contribution < 1.29 is 9.53 Å². The van der Waals surface area contributed by atoms with Crippen LogP contribution >= 0.6 is 0 Å². The molecular weight excluding hydrogens is 274 g/mol. The van der Waals surface area contributed by atoms with Crippen molar-refractivity contribution in [2.24, 2.45) is 0 Å². The smallest absolute Gasteiger partial charge is 0.254 e. The van der Waals surface area contributed by atoms with E-state index in [1.165, 1.54) is 23.8 Å². The monoisotopic (exact) mass is 293 g/mol. The van der Waals surface area contributed by atoms with Crippen LogP contribution in [0.5, 0.6) is 5.75 Å². The molecule has 1 amide bonds. The quantitative estimate of drug-likeness (QED) is 0.681. The Morgan fingerprint density at radius 3 is 2.68 bits per heavy atom. The number of carbonyl (C=O) groups excluding carboxylic acids is 1. The minimum Gasteiger partial charge on any atom is -0.465 e. The number of amides is 1. The van der Waals surface area contributed by atoms with Crippen molar-refractivity contribution in [3.05, 3.63) is 71.5 Å². The number of hydrogen-bond acceptors (Lipinski definition) is 2. The minimum absolute atomic E-state index is 0.145. The Labute approximate surface area is 130 Å². The normalized spacial score (nSPS) is 13.6. The molecule has 3 nitrogen and oxygen atoms in total. The summed E-state index contributed by atoms with van der Waals surface area (Å²) in [5.74, 6) is 0.570. The van der Waals surface area contributed by atoms with Gasteiger partial charge in [0.25, 0.3) is 5.91 Å². The van der Waals surface area contributed by atoms with Crippen molar-refractivity contribution in [2.75, 3.05) is 5.32 Å². The molecule has 0 heterocycles. The number of carbonyl (C=O) groups is 1. The van der Waals surface area contributed by atoms with E-state index in [1.807, 2.05) is 36.4 Å². The highest BCUT2D eigenvalue weighted by molar-refractivity contribution is 6.03. The summed E-state index contributed by atoms with van der Waals surface area (Å²) in [6.07, 6.45) is 4.94. The van der Waals surface area contributed by atoms with E-state index in [4.69, 9.17) is 4.74 Å². The van der Waals surface area contributed by atoms with E-state index >= 15 is 0 Å². The maximum atomic E-state index is 12.2. The molecule has 0 saturated carbocycles.